The molecule has 0 spiro atoms. The summed E-state index contributed by atoms with van der Waals surface area (Å²) in [7, 11) is 0. The van der Waals surface area contributed by atoms with Crippen LogP contribution in [0.1, 0.15) is 13.8 Å². The first kappa shape index (κ1) is 15.8. The van der Waals surface area contributed by atoms with Crippen LogP contribution in [0.4, 0.5) is 0 Å². The van der Waals surface area contributed by atoms with Crippen LogP contribution in [-0.2, 0) is 4.79 Å². The van der Waals surface area contributed by atoms with E-state index in [4.69, 9.17) is 16.3 Å². The summed E-state index contributed by atoms with van der Waals surface area (Å²) in [5.41, 5.74) is 0. The molecule has 0 unspecified atom stereocenters. The number of nitrogens with one attached hydrogen (secondary N) is 1. The quantitative estimate of drug-likeness (QED) is 0.795. The fraction of sp³-hybridized carbons (Fsp3) is 0.500. The second kappa shape index (κ2) is 8.77. The Morgan fingerprint density at radius 2 is 2.21 bits per heavy atom. The fourth-order valence-corrected chi connectivity index (χ4v) is 1.83. The number of benzene rings is 1. The van der Waals surface area contributed by atoms with E-state index in [1.807, 2.05) is 36.9 Å². The van der Waals surface area contributed by atoms with Crippen LogP contribution in [-0.4, -0.2) is 43.6 Å². The van der Waals surface area contributed by atoms with E-state index in [1.165, 1.54) is 0 Å². The van der Waals surface area contributed by atoms with Crippen molar-refractivity contribution in [3.8, 4) is 5.75 Å². The maximum atomic E-state index is 11.5. The molecular formula is C14H21ClN2O2. The average Bonchev–Trinajstić information content (AvgIpc) is 2.38. The Labute approximate surface area is 119 Å². The van der Waals surface area contributed by atoms with Gasteiger partial charge in [-0.2, -0.15) is 0 Å². The van der Waals surface area contributed by atoms with Crippen molar-refractivity contribution in [2.24, 2.45) is 0 Å². The molecule has 19 heavy (non-hydrogen) atoms. The minimum absolute atomic E-state index is 0.0482. The molecule has 1 rings (SSSR count). The molecule has 0 atom stereocenters. The number of rotatable bonds is 8. The summed E-state index contributed by atoms with van der Waals surface area (Å²) in [6.07, 6.45) is 0. The molecule has 1 amide bonds. The molecule has 0 fully saturated rings. The predicted molar refractivity (Wildman–Crippen MR) is 77.7 cm³/mol. The van der Waals surface area contributed by atoms with Gasteiger partial charge in [-0.1, -0.05) is 24.6 Å². The first-order valence-electron chi connectivity index (χ1n) is 6.53. The third-order valence-electron chi connectivity index (χ3n) is 2.66. The van der Waals surface area contributed by atoms with Crippen LogP contribution in [0.3, 0.4) is 0 Å². The first-order valence-corrected chi connectivity index (χ1v) is 6.91. The zero-order valence-electron chi connectivity index (χ0n) is 11.5. The standard InChI is InChI=1S/C14H21ClN2O2/c1-3-16-14(18)11-17(4-2)8-9-19-13-7-5-6-12(15)10-13/h5-7,10H,3-4,8-9,11H2,1-2H3,(H,16,18). The number of hydrogen-bond donors (Lipinski definition) is 1. The Hall–Kier alpha value is -1.26. The van der Waals surface area contributed by atoms with Gasteiger partial charge < -0.3 is 10.1 Å². The Balaban J connectivity index is 2.31. The molecule has 0 saturated carbocycles. The molecule has 0 aliphatic heterocycles. The van der Waals surface area contributed by atoms with Crippen molar-refractivity contribution in [1.29, 1.82) is 0 Å². The maximum absolute atomic E-state index is 11.5. The van der Waals surface area contributed by atoms with Gasteiger partial charge in [0.1, 0.15) is 12.4 Å². The third-order valence-corrected chi connectivity index (χ3v) is 2.90. The van der Waals surface area contributed by atoms with Gasteiger partial charge in [-0.15, -0.1) is 0 Å². The Bertz CT molecular complexity index is 399. The molecule has 0 bridgehead atoms. The molecule has 0 aromatic heterocycles. The number of ether oxygens (including phenoxy) is 1. The SMILES string of the molecule is CCNC(=O)CN(CC)CCOc1cccc(Cl)c1. The number of amides is 1. The molecule has 4 nitrogen and oxygen atoms in total. The summed E-state index contributed by atoms with van der Waals surface area (Å²) in [6, 6.07) is 7.30. The van der Waals surface area contributed by atoms with Gasteiger partial charge in [0.25, 0.3) is 0 Å². The summed E-state index contributed by atoms with van der Waals surface area (Å²) in [4.78, 5) is 13.5. The molecule has 1 aromatic rings. The zero-order chi connectivity index (χ0) is 14.1. The molecule has 0 saturated heterocycles. The van der Waals surface area contributed by atoms with Crippen LogP contribution in [0.5, 0.6) is 5.75 Å². The molecule has 0 aliphatic rings. The van der Waals surface area contributed by atoms with Gasteiger partial charge in [0.05, 0.1) is 6.54 Å². The summed E-state index contributed by atoms with van der Waals surface area (Å²) in [6.45, 7) is 7.07. The van der Waals surface area contributed by atoms with Crippen molar-refractivity contribution >= 4 is 17.5 Å². The van der Waals surface area contributed by atoms with Crippen LogP contribution in [0.2, 0.25) is 5.02 Å². The van der Waals surface area contributed by atoms with Crippen molar-refractivity contribution in [3.63, 3.8) is 0 Å². The Morgan fingerprint density at radius 3 is 2.84 bits per heavy atom. The summed E-state index contributed by atoms with van der Waals surface area (Å²) >= 11 is 5.87. The monoisotopic (exact) mass is 284 g/mol. The lowest BCUT2D eigenvalue weighted by Crippen LogP contribution is -2.38. The second-order valence-corrected chi connectivity index (χ2v) is 4.56. The van der Waals surface area contributed by atoms with Gasteiger partial charge in [0.2, 0.25) is 5.91 Å². The average molecular weight is 285 g/mol. The first-order chi connectivity index (χ1) is 9.15. The minimum Gasteiger partial charge on any atom is -0.492 e. The molecule has 0 heterocycles. The van der Waals surface area contributed by atoms with Gasteiger partial charge in [0.15, 0.2) is 0 Å². The number of hydrogen-bond acceptors (Lipinski definition) is 3. The van der Waals surface area contributed by atoms with E-state index in [2.05, 4.69) is 5.32 Å². The van der Waals surface area contributed by atoms with E-state index in [0.29, 0.717) is 31.3 Å². The van der Waals surface area contributed by atoms with Gasteiger partial charge >= 0.3 is 0 Å². The fourth-order valence-electron chi connectivity index (χ4n) is 1.65. The largest absolute Gasteiger partial charge is 0.492 e. The van der Waals surface area contributed by atoms with Crippen molar-refractivity contribution in [3.05, 3.63) is 29.3 Å². The van der Waals surface area contributed by atoms with Crippen LogP contribution < -0.4 is 10.1 Å². The molecule has 1 N–H and O–H groups in total. The third kappa shape index (κ3) is 6.45. The van der Waals surface area contributed by atoms with Crippen LogP contribution in [0.15, 0.2) is 24.3 Å². The maximum Gasteiger partial charge on any atom is 0.234 e. The minimum atomic E-state index is 0.0482. The summed E-state index contributed by atoms with van der Waals surface area (Å²) < 4.78 is 5.60. The van der Waals surface area contributed by atoms with Crippen molar-refractivity contribution in [2.45, 2.75) is 13.8 Å². The second-order valence-electron chi connectivity index (χ2n) is 4.13. The number of carbonyl (C=O) groups excluding carboxylic acids is 1. The predicted octanol–water partition coefficient (Wildman–Crippen LogP) is 2.18. The van der Waals surface area contributed by atoms with Gasteiger partial charge in [-0.25, -0.2) is 0 Å². The van der Waals surface area contributed by atoms with E-state index in [0.717, 1.165) is 12.3 Å². The lowest BCUT2D eigenvalue weighted by molar-refractivity contribution is -0.122. The van der Waals surface area contributed by atoms with Crippen LogP contribution in [0.25, 0.3) is 0 Å². The van der Waals surface area contributed by atoms with E-state index in [9.17, 15) is 4.79 Å². The van der Waals surface area contributed by atoms with Crippen LogP contribution in [0, 0.1) is 0 Å². The van der Waals surface area contributed by atoms with E-state index in [-0.39, 0.29) is 5.91 Å². The highest BCUT2D eigenvalue weighted by Crippen LogP contribution is 2.16. The normalized spacial score (nSPS) is 10.5. The van der Waals surface area contributed by atoms with Crippen molar-refractivity contribution in [2.75, 3.05) is 32.8 Å². The van der Waals surface area contributed by atoms with Crippen molar-refractivity contribution in [1.82, 2.24) is 10.2 Å². The van der Waals surface area contributed by atoms with Gasteiger partial charge in [-0.05, 0) is 31.7 Å². The zero-order valence-corrected chi connectivity index (χ0v) is 12.2. The number of likely N-dealkylation sites (N-methyl/N-ethyl adjacent to an activating group) is 2. The van der Waals surface area contributed by atoms with Crippen molar-refractivity contribution < 1.29 is 9.53 Å². The summed E-state index contributed by atoms with van der Waals surface area (Å²) in [5, 5.41) is 3.45. The highest BCUT2D eigenvalue weighted by atomic mass is 35.5. The molecule has 0 radical (unpaired) electrons. The summed E-state index contributed by atoms with van der Waals surface area (Å²) in [5.74, 6) is 0.800. The van der Waals surface area contributed by atoms with E-state index < -0.39 is 0 Å². The number of nitrogens with zero attached hydrogens (tertiary/aromatic N) is 1. The molecule has 5 heteroatoms. The lowest BCUT2D eigenvalue weighted by atomic mass is 10.3. The molecule has 0 aliphatic carbocycles. The lowest BCUT2D eigenvalue weighted by Gasteiger charge is -2.19. The van der Waals surface area contributed by atoms with E-state index >= 15 is 0 Å². The molecule has 1 aromatic carbocycles. The topological polar surface area (TPSA) is 41.6 Å². The highest BCUT2D eigenvalue weighted by Gasteiger charge is 2.08. The highest BCUT2D eigenvalue weighted by molar-refractivity contribution is 6.30. The number of carbonyl (C=O) groups is 1. The smallest absolute Gasteiger partial charge is 0.234 e. The van der Waals surface area contributed by atoms with Crippen LogP contribution >= 0.6 is 11.6 Å². The molecular weight excluding hydrogens is 264 g/mol. The molecule has 106 valence electrons. The number of halogens is 1. The van der Waals surface area contributed by atoms with Gasteiger partial charge in [0, 0.05) is 18.1 Å². The Kier molecular flexibility index (Phi) is 7.30. The Morgan fingerprint density at radius 1 is 1.42 bits per heavy atom. The van der Waals surface area contributed by atoms with E-state index in [1.54, 1.807) is 6.07 Å². The van der Waals surface area contributed by atoms with Gasteiger partial charge in [-0.3, -0.25) is 9.69 Å².